The highest BCUT2D eigenvalue weighted by atomic mass is 32.1. The summed E-state index contributed by atoms with van der Waals surface area (Å²) in [5.41, 5.74) is 6.11. The summed E-state index contributed by atoms with van der Waals surface area (Å²) in [7, 11) is 7.61. The second kappa shape index (κ2) is 23.6. The highest BCUT2D eigenvalue weighted by Crippen LogP contribution is 2.45. The molecule has 3 fully saturated rings. The molecule has 2 aromatic heterocycles. The van der Waals surface area contributed by atoms with Crippen LogP contribution in [0, 0.1) is 0 Å². The number of carbonyl (C=O) groups excluding carboxylic acids is 2. The molecule has 0 radical (unpaired) electrons. The van der Waals surface area contributed by atoms with Gasteiger partial charge in [0.2, 0.25) is 0 Å². The summed E-state index contributed by atoms with van der Waals surface area (Å²) < 4.78 is 13.2. The van der Waals surface area contributed by atoms with E-state index in [0.29, 0.717) is 11.8 Å². The average Bonchev–Trinajstić information content (AvgIpc) is 3.81. The quantitative estimate of drug-likeness (QED) is 0.0712. The first-order valence-corrected chi connectivity index (χ1v) is 26.8. The van der Waals surface area contributed by atoms with Crippen LogP contribution in [-0.2, 0) is 12.8 Å². The fraction of sp³-hybridized carbons (Fsp3) is 0.483. The zero-order valence-electron chi connectivity index (χ0n) is 40.1. The van der Waals surface area contributed by atoms with E-state index in [1.54, 1.807) is 25.6 Å². The molecule has 0 unspecified atom stereocenters. The van der Waals surface area contributed by atoms with Crippen molar-refractivity contribution in [3.8, 4) is 11.5 Å². The van der Waals surface area contributed by atoms with Gasteiger partial charge in [0.15, 0.2) is 11.6 Å². The van der Waals surface area contributed by atoms with Crippen LogP contribution in [0.15, 0.2) is 84.9 Å². The number of carbonyl (C=O) groups is 2. The number of likely N-dealkylation sites (tertiary alicyclic amines) is 1. The van der Waals surface area contributed by atoms with Crippen LogP contribution in [0.5, 0.6) is 11.5 Å². The van der Waals surface area contributed by atoms with E-state index in [0.717, 1.165) is 75.0 Å². The molecule has 66 heavy (non-hydrogen) atoms. The number of ketones is 2. The molecule has 6 aromatic rings. The summed E-state index contributed by atoms with van der Waals surface area (Å²) in [5.74, 6) is 3.05. The zero-order valence-corrected chi connectivity index (χ0v) is 41.8. The number of nitrogens with zero attached hydrogens (tertiary/aromatic N) is 2. The first-order chi connectivity index (χ1) is 32.3. The number of fused-ring (bicyclic) bond motifs is 2. The Kier molecular flexibility index (Phi) is 17.2. The molecular weight excluding hydrogens is 853 g/mol. The smallest absolute Gasteiger partial charge is 0.194 e. The standard InChI is InChI=1S/C31H39NO2S.C27H33NO2S/c1-34-26-17-18-27-28(22-26)35-31(25-11-5-2-3-6-12-25)29(27)30(33)24-15-13-23(14-16-24)10-9-21-32-19-7-4-8-20-32;1-28(2)17-7-8-19-11-13-20(14-12-19)26(29)25-23-16-15-22(30-3)18-24(23)31-27(25)21-9-5-4-6-10-21/h13-18,22,25H,2-12,19-21H2,1H3;11-16,18,21H,4-10,17H2,1-3H3. The molecule has 0 amide bonds. The first kappa shape index (κ1) is 48.1. The van der Waals surface area contributed by atoms with E-state index >= 15 is 0 Å². The van der Waals surface area contributed by atoms with Crippen LogP contribution in [-0.4, -0.2) is 75.9 Å². The minimum absolute atomic E-state index is 0.164. The van der Waals surface area contributed by atoms with E-state index in [1.165, 1.54) is 142 Å². The van der Waals surface area contributed by atoms with Gasteiger partial charge in [-0.2, -0.15) is 0 Å². The van der Waals surface area contributed by atoms with Crippen LogP contribution in [0.1, 0.15) is 167 Å². The molecule has 3 heterocycles. The molecule has 1 saturated heterocycles. The van der Waals surface area contributed by atoms with E-state index in [4.69, 9.17) is 9.47 Å². The molecular formula is C58H72N2O4S2. The summed E-state index contributed by atoms with van der Waals surface area (Å²) in [4.78, 5) is 35.0. The fourth-order valence-corrected chi connectivity index (χ4v) is 13.4. The van der Waals surface area contributed by atoms with Crippen molar-refractivity contribution >= 4 is 54.4 Å². The van der Waals surface area contributed by atoms with Crippen molar-refractivity contribution in [1.82, 2.24) is 9.80 Å². The van der Waals surface area contributed by atoms with Gasteiger partial charge in [0.1, 0.15) is 11.5 Å². The molecule has 8 heteroatoms. The van der Waals surface area contributed by atoms with Gasteiger partial charge in [-0.3, -0.25) is 9.59 Å². The average molecular weight is 925 g/mol. The van der Waals surface area contributed by atoms with Crippen molar-refractivity contribution in [2.45, 2.75) is 127 Å². The van der Waals surface area contributed by atoms with Gasteiger partial charge in [-0.1, -0.05) is 99.9 Å². The predicted molar refractivity (Wildman–Crippen MR) is 278 cm³/mol. The second-order valence-corrected chi connectivity index (χ2v) is 21.6. The number of piperidine rings is 1. The molecule has 9 rings (SSSR count). The van der Waals surface area contributed by atoms with Crippen molar-refractivity contribution in [3.63, 3.8) is 0 Å². The number of methoxy groups -OCH3 is 2. The minimum atomic E-state index is 0.164. The molecule has 2 saturated carbocycles. The van der Waals surface area contributed by atoms with Gasteiger partial charge >= 0.3 is 0 Å². The molecule has 1 aliphatic heterocycles. The molecule has 350 valence electrons. The number of ether oxygens (including phenoxy) is 2. The van der Waals surface area contributed by atoms with Gasteiger partial charge in [-0.05, 0) is 164 Å². The number of thiophene rings is 2. The largest absolute Gasteiger partial charge is 0.497 e. The maximum absolute atomic E-state index is 13.9. The number of rotatable bonds is 16. The second-order valence-electron chi connectivity index (χ2n) is 19.4. The Morgan fingerprint density at radius 1 is 0.561 bits per heavy atom. The lowest BCUT2D eigenvalue weighted by molar-refractivity contribution is 0.103. The van der Waals surface area contributed by atoms with Gasteiger partial charge in [-0.25, -0.2) is 0 Å². The SMILES string of the molecule is COc1ccc2c(C(=O)c3ccc(CCCN(C)C)cc3)c(C3CCCCC3)sc2c1.COc1ccc2c(C(=O)c3ccc(CCCN4CCCCC4)cc3)c(C3CCCCCC3)sc2c1. The highest BCUT2D eigenvalue weighted by molar-refractivity contribution is 7.20. The number of hydrogen-bond donors (Lipinski definition) is 0. The molecule has 6 nitrogen and oxygen atoms in total. The minimum Gasteiger partial charge on any atom is -0.497 e. The maximum atomic E-state index is 13.9. The van der Waals surface area contributed by atoms with Crippen molar-refractivity contribution in [3.05, 3.63) is 128 Å². The van der Waals surface area contributed by atoms with Gasteiger partial charge in [0.05, 0.1) is 14.2 Å². The Morgan fingerprint density at radius 3 is 1.42 bits per heavy atom. The topological polar surface area (TPSA) is 59.1 Å². The van der Waals surface area contributed by atoms with E-state index in [9.17, 15) is 9.59 Å². The molecule has 3 aliphatic rings. The van der Waals surface area contributed by atoms with Crippen molar-refractivity contribution in [2.24, 2.45) is 0 Å². The lowest BCUT2D eigenvalue weighted by Gasteiger charge is -2.26. The summed E-state index contributed by atoms with van der Waals surface area (Å²) in [6.45, 7) is 4.79. The lowest BCUT2D eigenvalue weighted by atomic mass is 9.85. The molecule has 0 N–H and O–H groups in total. The van der Waals surface area contributed by atoms with E-state index in [2.05, 4.69) is 84.6 Å². The Balaban J connectivity index is 0.000000181. The third-order valence-electron chi connectivity index (χ3n) is 14.4. The fourth-order valence-electron chi connectivity index (χ4n) is 10.6. The zero-order chi connectivity index (χ0) is 45.8. The Bertz CT molecular complexity index is 2500. The molecule has 2 aliphatic carbocycles. The molecule has 0 atom stereocenters. The van der Waals surface area contributed by atoms with Crippen molar-refractivity contribution < 1.29 is 19.1 Å². The van der Waals surface area contributed by atoms with Crippen LogP contribution in [0.2, 0.25) is 0 Å². The third kappa shape index (κ3) is 12.0. The van der Waals surface area contributed by atoms with Crippen LogP contribution < -0.4 is 9.47 Å². The third-order valence-corrected chi connectivity index (χ3v) is 17.0. The van der Waals surface area contributed by atoms with E-state index in [-0.39, 0.29) is 11.6 Å². The van der Waals surface area contributed by atoms with Crippen LogP contribution in [0.4, 0.5) is 0 Å². The monoisotopic (exact) mass is 924 g/mol. The van der Waals surface area contributed by atoms with Crippen LogP contribution in [0.25, 0.3) is 20.2 Å². The number of benzene rings is 4. The van der Waals surface area contributed by atoms with Crippen molar-refractivity contribution in [1.29, 1.82) is 0 Å². The predicted octanol–water partition coefficient (Wildman–Crippen LogP) is 14.7. The van der Waals surface area contributed by atoms with Gasteiger partial charge < -0.3 is 19.3 Å². The summed E-state index contributed by atoms with van der Waals surface area (Å²) in [5, 5.41) is 2.16. The van der Waals surface area contributed by atoms with Crippen LogP contribution >= 0.6 is 22.7 Å². The maximum Gasteiger partial charge on any atom is 0.194 e. The molecule has 0 spiro atoms. The number of hydrogen-bond acceptors (Lipinski definition) is 8. The number of aryl methyl sites for hydroxylation is 2. The normalized spacial score (nSPS) is 16.6. The molecule has 4 aromatic carbocycles. The Hall–Kier alpha value is -4.34. The summed E-state index contributed by atoms with van der Waals surface area (Å²) >= 11 is 3.61. The highest BCUT2D eigenvalue weighted by Gasteiger charge is 2.29. The van der Waals surface area contributed by atoms with Gasteiger partial charge in [0.25, 0.3) is 0 Å². The van der Waals surface area contributed by atoms with Gasteiger partial charge in [-0.15, -0.1) is 22.7 Å². The lowest BCUT2D eigenvalue weighted by Crippen LogP contribution is -2.30. The Morgan fingerprint density at radius 2 is 0.985 bits per heavy atom. The summed E-state index contributed by atoms with van der Waals surface area (Å²) in [6.07, 6.45) is 22.3. The summed E-state index contributed by atoms with van der Waals surface area (Å²) in [6, 6.07) is 29.1. The molecule has 0 bridgehead atoms. The van der Waals surface area contributed by atoms with Gasteiger partial charge in [0, 0.05) is 52.2 Å². The van der Waals surface area contributed by atoms with Crippen molar-refractivity contribution in [2.75, 3.05) is 54.5 Å². The van der Waals surface area contributed by atoms with E-state index < -0.39 is 0 Å². The van der Waals surface area contributed by atoms with Crippen LogP contribution in [0.3, 0.4) is 0 Å². The Labute approximate surface area is 402 Å². The first-order valence-electron chi connectivity index (χ1n) is 25.1. The van der Waals surface area contributed by atoms with E-state index in [1.807, 2.05) is 35.6 Å².